The van der Waals surface area contributed by atoms with Gasteiger partial charge < -0.3 is 10.1 Å². The number of para-hydroxylation sites is 1. The van der Waals surface area contributed by atoms with Crippen LogP contribution in [0.2, 0.25) is 0 Å². The quantitative estimate of drug-likeness (QED) is 0.447. The highest BCUT2D eigenvalue weighted by Crippen LogP contribution is 2.36. The Hall–Kier alpha value is -2.39. The SMILES string of the molecule is COc1ccc([C@@H](Nc2ccccc2)Sc2ccc(C)cc2)cc1. The van der Waals surface area contributed by atoms with Crippen LogP contribution in [0.3, 0.4) is 0 Å². The van der Waals surface area contributed by atoms with Crippen LogP contribution in [0.5, 0.6) is 5.75 Å². The molecule has 3 heteroatoms. The summed E-state index contributed by atoms with van der Waals surface area (Å²) in [6, 6.07) is 27.2. The summed E-state index contributed by atoms with van der Waals surface area (Å²) in [4.78, 5) is 1.24. The molecular formula is C21H21NOS. The molecule has 0 saturated heterocycles. The Morgan fingerprint density at radius 2 is 1.50 bits per heavy atom. The second kappa shape index (κ2) is 7.93. The third kappa shape index (κ3) is 4.33. The summed E-state index contributed by atoms with van der Waals surface area (Å²) >= 11 is 1.81. The van der Waals surface area contributed by atoms with Crippen molar-refractivity contribution in [1.82, 2.24) is 0 Å². The van der Waals surface area contributed by atoms with Gasteiger partial charge in [-0.05, 0) is 48.9 Å². The Balaban J connectivity index is 1.85. The number of methoxy groups -OCH3 is 1. The molecule has 0 fully saturated rings. The van der Waals surface area contributed by atoms with E-state index >= 15 is 0 Å². The fourth-order valence-corrected chi connectivity index (χ4v) is 3.45. The Labute approximate surface area is 147 Å². The molecule has 0 bridgehead atoms. The van der Waals surface area contributed by atoms with E-state index in [-0.39, 0.29) is 5.37 Å². The van der Waals surface area contributed by atoms with E-state index in [1.54, 1.807) is 18.9 Å². The molecule has 3 rings (SSSR count). The van der Waals surface area contributed by atoms with Gasteiger partial charge in [-0.1, -0.05) is 59.8 Å². The van der Waals surface area contributed by atoms with Crippen molar-refractivity contribution in [2.75, 3.05) is 12.4 Å². The van der Waals surface area contributed by atoms with Gasteiger partial charge in [0.15, 0.2) is 0 Å². The third-order valence-corrected chi connectivity index (χ3v) is 4.94. The molecular weight excluding hydrogens is 314 g/mol. The van der Waals surface area contributed by atoms with Crippen molar-refractivity contribution in [3.63, 3.8) is 0 Å². The molecule has 0 aliphatic rings. The zero-order chi connectivity index (χ0) is 16.8. The molecule has 0 saturated carbocycles. The summed E-state index contributed by atoms with van der Waals surface area (Å²) in [6.07, 6.45) is 0. The normalized spacial score (nSPS) is 11.8. The number of aryl methyl sites for hydroxylation is 1. The van der Waals surface area contributed by atoms with E-state index in [4.69, 9.17) is 4.74 Å². The molecule has 1 N–H and O–H groups in total. The van der Waals surface area contributed by atoms with Crippen molar-refractivity contribution in [2.45, 2.75) is 17.2 Å². The monoisotopic (exact) mass is 335 g/mol. The summed E-state index contributed by atoms with van der Waals surface area (Å²) in [6.45, 7) is 2.11. The molecule has 0 unspecified atom stereocenters. The molecule has 0 spiro atoms. The third-order valence-electron chi connectivity index (χ3n) is 3.77. The van der Waals surface area contributed by atoms with E-state index in [9.17, 15) is 0 Å². The molecule has 2 nitrogen and oxygen atoms in total. The van der Waals surface area contributed by atoms with Gasteiger partial charge in [-0.25, -0.2) is 0 Å². The Kier molecular flexibility index (Phi) is 5.44. The van der Waals surface area contributed by atoms with Crippen LogP contribution in [-0.2, 0) is 0 Å². The molecule has 1 atom stereocenters. The van der Waals surface area contributed by atoms with Gasteiger partial charge in [-0.2, -0.15) is 0 Å². The van der Waals surface area contributed by atoms with E-state index in [0.29, 0.717) is 0 Å². The Morgan fingerprint density at radius 1 is 0.833 bits per heavy atom. The zero-order valence-corrected chi connectivity index (χ0v) is 14.7. The maximum absolute atomic E-state index is 5.27. The summed E-state index contributed by atoms with van der Waals surface area (Å²) in [5, 5.41) is 3.74. The average molecular weight is 335 g/mol. The van der Waals surface area contributed by atoms with E-state index in [0.717, 1.165) is 11.4 Å². The van der Waals surface area contributed by atoms with Gasteiger partial charge in [-0.15, -0.1) is 0 Å². The highest BCUT2D eigenvalue weighted by atomic mass is 32.2. The molecule has 3 aromatic rings. The Bertz CT molecular complexity index is 754. The number of hydrogen-bond donors (Lipinski definition) is 1. The fraction of sp³-hybridized carbons (Fsp3) is 0.143. The topological polar surface area (TPSA) is 21.3 Å². The molecule has 0 aliphatic carbocycles. The lowest BCUT2D eigenvalue weighted by atomic mass is 10.2. The molecule has 0 radical (unpaired) electrons. The van der Waals surface area contributed by atoms with Gasteiger partial charge in [0, 0.05) is 10.6 Å². The van der Waals surface area contributed by atoms with Crippen LogP contribution in [0, 0.1) is 6.92 Å². The first-order chi connectivity index (χ1) is 11.7. The van der Waals surface area contributed by atoms with Crippen LogP contribution in [-0.4, -0.2) is 7.11 Å². The number of hydrogen-bond acceptors (Lipinski definition) is 3. The van der Waals surface area contributed by atoms with Gasteiger partial charge in [0.2, 0.25) is 0 Å². The first-order valence-corrected chi connectivity index (χ1v) is 8.81. The van der Waals surface area contributed by atoms with Crippen molar-refractivity contribution in [1.29, 1.82) is 0 Å². The number of anilines is 1. The number of ether oxygens (including phenoxy) is 1. The van der Waals surface area contributed by atoms with Gasteiger partial charge in [0.25, 0.3) is 0 Å². The van der Waals surface area contributed by atoms with Gasteiger partial charge >= 0.3 is 0 Å². The van der Waals surface area contributed by atoms with E-state index in [2.05, 4.69) is 60.8 Å². The smallest absolute Gasteiger partial charge is 0.118 e. The molecule has 0 amide bonds. The molecule has 24 heavy (non-hydrogen) atoms. The zero-order valence-electron chi connectivity index (χ0n) is 13.9. The number of benzene rings is 3. The van der Waals surface area contributed by atoms with Crippen molar-refractivity contribution >= 4 is 17.4 Å². The van der Waals surface area contributed by atoms with Crippen molar-refractivity contribution in [2.24, 2.45) is 0 Å². The van der Waals surface area contributed by atoms with E-state index < -0.39 is 0 Å². The standard InChI is InChI=1S/C21H21NOS/c1-16-8-14-20(15-9-16)24-21(22-18-6-4-3-5-7-18)17-10-12-19(23-2)13-11-17/h3-15,21-22H,1-2H3/t21-/m0/s1. The minimum atomic E-state index is 0.126. The number of thioether (sulfide) groups is 1. The minimum Gasteiger partial charge on any atom is -0.497 e. The molecule has 3 aromatic carbocycles. The highest BCUT2D eigenvalue weighted by Gasteiger charge is 2.13. The fourth-order valence-electron chi connectivity index (χ4n) is 2.40. The highest BCUT2D eigenvalue weighted by molar-refractivity contribution is 7.99. The van der Waals surface area contributed by atoms with Crippen LogP contribution < -0.4 is 10.1 Å². The van der Waals surface area contributed by atoms with Crippen molar-refractivity contribution < 1.29 is 4.74 Å². The minimum absolute atomic E-state index is 0.126. The lowest BCUT2D eigenvalue weighted by Gasteiger charge is -2.20. The maximum atomic E-state index is 5.27. The van der Waals surface area contributed by atoms with Crippen LogP contribution >= 0.6 is 11.8 Å². The lowest BCUT2D eigenvalue weighted by molar-refractivity contribution is 0.414. The van der Waals surface area contributed by atoms with E-state index in [1.807, 2.05) is 30.3 Å². The van der Waals surface area contributed by atoms with Crippen molar-refractivity contribution in [3.8, 4) is 5.75 Å². The molecule has 0 aromatic heterocycles. The summed E-state index contributed by atoms with van der Waals surface area (Å²) < 4.78 is 5.27. The Morgan fingerprint density at radius 3 is 2.12 bits per heavy atom. The maximum Gasteiger partial charge on any atom is 0.118 e. The van der Waals surface area contributed by atoms with Crippen molar-refractivity contribution in [3.05, 3.63) is 90.0 Å². The lowest BCUT2D eigenvalue weighted by Crippen LogP contribution is -2.07. The van der Waals surface area contributed by atoms with E-state index in [1.165, 1.54) is 16.0 Å². The summed E-state index contributed by atoms with van der Waals surface area (Å²) in [5.41, 5.74) is 3.60. The summed E-state index contributed by atoms with van der Waals surface area (Å²) in [7, 11) is 1.69. The largest absolute Gasteiger partial charge is 0.497 e. The molecule has 0 heterocycles. The predicted molar refractivity (Wildman–Crippen MR) is 103 cm³/mol. The van der Waals surface area contributed by atoms with Crippen LogP contribution in [0.15, 0.2) is 83.8 Å². The van der Waals surface area contributed by atoms with Crippen LogP contribution in [0.25, 0.3) is 0 Å². The average Bonchev–Trinajstić information content (AvgIpc) is 2.64. The van der Waals surface area contributed by atoms with Gasteiger partial charge in [-0.3, -0.25) is 0 Å². The van der Waals surface area contributed by atoms with Crippen LogP contribution in [0.4, 0.5) is 5.69 Å². The van der Waals surface area contributed by atoms with Gasteiger partial charge in [0.1, 0.15) is 11.1 Å². The first kappa shape index (κ1) is 16.5. The second-order valence-corrected chi connectivity index (χ2v) is 6.77. The van der Waals surface area contributed by atoms with Crippen LogP contribution in [0.1, 0.15) is 16.5 Å². The number of nitrogens with one attached hydrogen (secondary N) is 1. The molecule has 122 valence electrons. The first-order valence-electron chi connectivity index (χ1n) is 7.93. The number of rotatable bonds is 6. The summed E-state index contributed by atoms with van der Waals surface area (Å²) in [5.74, 6) is 0.873. The predicted octanol–water partition coefficient (Wildman–Crippen LogP) is 5.91. The molecule has 0 aliphatic heterocycles. The second-order valence-electron chi connectivity index (χ2n) is 5.59. The van der Waals surface area contributed by atoms with Gasteiger partial charge in [0.05, 0.1) is 7.11 Å².